The molecule has 0 spiro atoms. The molecule has 1 atom stereocenters. The minimum Gasteiger partial charge on any atom is -0.336 e. The van der Waals surface area contributed by atoms with Gasteiger partial charge in [0.15, 0.2) is 0 Å². The van der Waals surface area contributed by atoms with Gasteiger partial charge < -0.3 is 4.90 Å². The number of hydrogen-bond donors (Lipinski definition) is 2. The van der Waals surface area contributed by atoms with Gasteiger partial charge >= 0.3 is 11.2 Å². The molecule has 1 unspecified atom stereocenters. The van der Waals surface area contributed by atoms with Crippen LogP contribution in [0, 0.1) is 0 Å². The van der Waals surface area contributed by atoms with Gasteiger partial charge in [0.05, 0.1) is 0 Å². The molecule has 0 aromatic rings. The van der Waals surface area contributed by atoms with E-state index in [4.69, 9.17) is 4.55 Å². The molecule has 0 saturated carbocycles. The van der Waals surface area contributed by atoms with Crippen LogP contribution in [0.2, 0.25) is 0 Å². The molecular formula is C7H10F2N2O6S2. The Balaban J connectivity index is 2.90. The number of Topliss-reactive ketones (excluding diaryl/α,β-unsaturated/α-hetero) is 1. The number of sulfonamides is 1. The summed E-state index contributed by atoms with van der Waals surface area (Å²) in [5.41, 5.74) is 0. The Morgan fingerprint density at radius 3 is 2.26 bits per heavy atom. The van der Waals surface area contributed by atoms with Gasteiger partial charge in [-0.05, 0) is 0 Å². The molecule has 0 radical (unpaired) electrons. The largest absolute Gasteiger partial charge is 0.436 e. The maximum Gasteiger partial charge on any atom is 0.436 e. The SMILES string of the molecule is O=C1CCN(C(=O)C(F)(F)S(=O)(=O)NS(=O)O)CC1. The highest BCUT2D eigenvalue weighted by Gasteiger charge is 2.55. The van der Waals surface area contributed by atoms with E-state index in [1.807, 2.05) is 0 Å². The molecular weight excluding hydrogens is 310 g/mol. The molecule has 1 rings (SSSR count). The monoisotopic (exact) mass is 320 g/mol. The first kappa shape index (κ1) is 16.1. The topological polar surface area (TPSA) is 121 Å². The molecule has 1 aliphatic heterocycles. The van der Waals surface area contributed by atoms with Crippen LogP contribution in [0.1, 0.15) is 12.8 Å². The number of amides is 1. The van der Waals surface area contributed by atoms with E-state index in [0.29, 0.717) is 4.90 Å². The summed E-state index contributed by atoms with van der Waals surface area (Å²) in [6, 6.07) is 0. The molecule has 8 nitrogen and oxygen atoms in total. The summed E-state index contributed by atoms with van der Waals surface area (Å²) in [4.78, 5) is 22.8. The van der Waals surface area contributed by atoms with Crippen molar-refractivity contribution in [2.45, 2.75) is 18.1 Å². The number of carbonyl (C=O) groups is 2. The lowest BCUT2D eigenvalue weighted by molar-refractivity contribution is -0.148. The maximum atomic E-state index is 13.5. The van der Waals surface area contributed by atoms with E-state index in [1.54, 1.807) is 0 Å². The van der Waals surface area contributed by atoms with E-state index < -0.39 is 32.5 Å². The van der Waals surface area contributed by atoms with E-state index in [9.17, 15) is 31.0 Å². The molecule has 0 bridgehead atoms. The molecule has 19 heavy (non-hydrogen) atoms. The number of piperidine rings is 1. The van der Waals surface area contributed by atoms with Crippen LogP contribution in [0.3, 0.4) is 0 Å². The van der Waals surface area contributed by atoms with E-state index in [-0.39, 0.29) is 31.7 Å². The van der Waals surface area contributed by atoms with Gasteiger partial charge in [-0.1, -0.05) is 0 Å². The Hall–Kier alpha value is -0.980. The zero-order chi connectivity index (χ0) is 14.8. The summed E-state index contributed by atoms with van der Waals surface area (Å²) in [7, 11) is -5.63. The second-order valence-electron chi connectivity index (χ2n) is 3.68. The van der Waals surface area contributed by atoms with Crippen LogP contribution in [0.25, 0.3) is 0 Å². The van der Waals surface area contributed by atoms with Crippen LogP contribution in [-0.2, 0) is 30.9 Å². The number of alkyl halides is 2. The Bertz CT molecular complexity index is 510. The Kier molecular flexibility index (Phi) is 4.71. The molecule has 1 fully saturated rings. The van der Waals surface area contributed by atoms with Crippen molar-refractivity contribution in [2.24, 2.45) is 0 Å². The third-order valence-corrected chi connectivity index (χ3v) is 4.67. The van der Waals surface area contributed by atoms with Gasteiger partial charge in [0, 0.05) is 25.9 Å². The Morgan fingerprint density at radius 1 is 1.37 bits per heavy atom. The van der Waals surface area contributed by atoms with Crippen molar-refractivity contribution < 1.29 is 35.5 Å². The molecule has 0 aromatic carbocycles. The highest BCUT2D eigenvalue weighted by molar-refractivity contribution is 8.01. The molecule has 1 heterocycles. The summed E-state index contributed by atoms with van der Waals surface area (Å²) in [5, 5.41) is -4.88. The number of carbonyl (C=O) groups excluding carboxylic acids is 2. The standard InChI is InChI=1S/C7H10F2N2O6S2/c8-7(9,19(16,17)10-18(14)15)6(13)11-3-1-5(12)2-4-11/h10H,1-4H2,(H,14,15). The van der Waals surface area contributed by atoms with Gasteiger partial charge in [0.2, 0.25) is 11.3 Å². The van der Waals surface area contributed by atoms with E-state index in [2.05, 4.69) is 0 Å². The quantitative estimate of drug-likeness (QED) is 0.629. The minimum absolute atomic E-state index is 0.138. The van der Waals surface area contributed by atoms with E-state index in [1.165, 1.54) is 0 Å². The highest BCUT2D eigenvalue weighted by Crippen LogP contribution is 2.25. The van der Waals surface area contributed by atoms with Crippen molar-refractivity contribution in [1.82, 2.24) is 9.03 Å². The van der Waals surface area contributed by atoms with E-state index >= 15 is 0 Å². The average molecular weight is 320 g/mol. The molecule has 110 valence electrons. The summed E-state index contributed by atoms with van der Waals surface area (Å²) < 4.78 is 68.3. The van der Waals surface area contributed by atoms with Gasteiger partial charge in [0.1, 0.15) is 5.78 Å². The Labute approximate surface area is 109 Å². The lowest BCUT2D eigenvalue weighted by atomic mass is 10.1. The summed E-state index contributed by atoms with van der Waals surface area (Å²) in [5.74, 6) is -2.25. The van der Waals surface area contributed by atoms with Crippen LogP contribution in [-0.4, -0.2) is 52.1 Å². The molecule has 1 amide bonds. The molecule has 0 aliphatic carbocycles. The van der Waals surface area contributed by atoms with Crippen molar-refractivity contribution in [1.29, 1.82) is 0 Å². The zero-order valence-corrected chi connectivity index (χ0v) is 11.0. The van der Waals surface area contributed by atoms with Gasteiger partial charge in [-0.2, -0.15) is 8.78 Å². The fraction of sp³-hybridized carbons (Fsp3) is 0.714. The van der Waals surface area contributed by atoms with Gasteiger partial charge in [-0.25, -0.2) is 12.6 Å². The minimum atomic E-state index is -5.63. The smallest absolute Gasteiger partial charge is 0.336 e. The van der Waals surface area contributed by atoms with Crippen LogP contribution in [0.4, 0.5) is 8.78 Å². The number of rotatable bonds is 4. The lowest BCUT2D eigenvalue weighted by Gasteiger charge is -2.28. The molecule has 1 saturated heterocycles. The van der Waals surface area contributed by atoms with Crippen LogP contribution in [0.15, 0.2) is 0 Å². The number of ketones is 1. The fourth-order valence-corrected chi connectivity index (χ4v) is 2.93. The zero-order valence-electron chi connectivity index (χ0n) is 9.34. The first-order valence-corrected chi connectivity index (χ1v) is 7.48. The van der Waals surface area contributed by atoms with Crippen molar-refractivity contribution in [2.75, 3.05) is 13.1 Å². The van der Waals surface area contributed by atoms with Crippen molar-refractivity contribution >= 4 is 33.0 Å². The highest BCUT2D eigenvalue weighted by atomic mass is 32.3. The second-order valence-corrected chi connectivity index (χ2v) is 6.37. The molecule has 1 aliphatic rings. The maximum absolute atomic E-state index is 13.5. The predicted octanol–water partition coefficient (Wildman–Crippen LogP) is -1.17. The first-order chi connectivity index (χ1) is 8.58. The number of nitrogens with one attached hydrogen (secondary N) is 1. The summed E-state index contributed by atoms with van der Waals surface area (Å²) in [6.07, 6.45) is -0.275. The van der Waals surface area contributed by atoms with Crippen molar-refractivity contribution in [3.8, 4) is 0 Å². The van der Waals surface area contributed by atoms with Crippen molar-refractivity contribution in [3.63, 3.8) is 0 Å². The average Bonchev–Trinajstić information content (AvgIpc) is 2.27. The summed E-state index contributed by atoms with van der Waals surface area (Å²) >= 11 is -3.25. The number of halogens is 2. The normalized spacial score (nSPS) is 19.3. The lowest BCUT2D eigenvalue weighted by Crippen LogP contribution is -2.54. The Morgan fingerprint density at radius 2 is 1.84 bits per heavy atom. The van der Waals surface area contributed by atoms with Crippen LogP contribution >= 0.6 is 0 Å². The fourth-order valence-electron chi connectivity index (χ4n) is 1.40. The predicted molar refractivity (Wildman–Crippen MR) is 58.6 cm³/mol. The molecule has 0 aromatic heterocycles. The van der Waals surface area contributed by atoms with Gasteiger partial charge in [0.25, 0.3) is 10.0 Å². The van der Waals surface area contributed by atoms with Crippen LogP contribution in [0.5, 0.6) is 0 Å². The molecule has 2 N–H and O–H groups in total. The number of hydrogen-bond acceptors (Lipinski definition) is 5. The first-order valence-electron chi connectivity index (χ1n) is 4.89. The number of nitrogens with zero attached hydrogens (tertiary/aromatic N) is 1. The number of likely N-dealkylation sites (tertiary alicyclic amines) is 1. The third kappa shape index (κ3) is 3.52. The molecule has 12 heteroatoms. The van der Waals surface area contributed by atoms with E-state index in [0.717, 1.165) is 4.13 Å². The van der Waals surface area contributed by atoms with Gasteiger partial charge in [-0.15, -0.1) is 4.13 Å². The van der Waals surface area contributed by atoms with Crippen molar-refractivity contribution in [3.05, 3.63) is 0 Å². The third-order valence-electron chi connectivity index (χ3n) is 2.38. The summed E-state index contributed by atoms with van der Waals surface area (Å²) in [6.45, 7) is -0.629. The second kappa shape index (κ2) is 5.56. The van der Waals surface area contributed by atoms with Crippen LogP contribution < -0.4 is 4.13 Å². The van der Waals surface area contributed by atoms with Gasteiger partial charge in [-0.3, -0.25) is 14.1 Å².